The summed E-state index contributed by atoms with van der Waals surface area (Å²) in [5.41, 5.74) is 6.64. The van der Waals surface area contributed by atoms with Crippen LogP contribution in [0.15, 0.2) is 23.1 Å². The number of benzene rings is 1. The minimum absolute atomic E-state index is 0.142. The van der Waals surface area contributed by atoms with E-state index in [0.717, 1.165) is 31.2 Å². The third-order valence-electron chi connectivity index (χ3n) is 5.02. The minimum atomic E-state index is -3.48. The van der Waals surface area contributed by atoms with Gasteiger partial charge in [-0.25, -0.2) is 12.8 Å². The predicted octanol–water partition coefficient (Wildman–Crippen LogP) is 2.92. The summed E-state index contributed by atoms with van der Waals surface area (Å²) in [6.45, 7) is 0.487. The summed E-state index contributed by atoms with van der Waals surface area (Å²) in [5.74, 6) is -0.613. The molecule has 0 spiro atoms. The van der Waals surface area contributed by atoms with E-state index in [-0.39, 0.29) is 15.6 Å². The van der Waals surface area contributed by atoms with E-state index in [1.807, 2.05) is 0 Å². The quantitative estimate of drug-likeness (QED) is 0.930. The molecule has 116 valence electrons. The lowest BCUT2D eigenvalue weighted by molar-refractivity contribution is 0.299. The van der Waals surface area contributed by atoms with Crippen LogP contribution in [0.4, 0.5) is 4.39 Å². The van der Waals surface area contributed by atoms with Crippen molar-refractivity contribution in [1.82, 2.24) is 0 Å². The molecule has 0 heterocycles. The highest BCUT2D eigenvalue weighted by atomic mass is 32.2. The van der Waals surface area contributed by atoms with Crippen LogP contribution in [0, 0.1) is 5.82 Å². The second-order valence-corrected chi connectivity index (χ2v) is 8.63. The highest BCUT2D eigenvalue weighted by molar-refractivity contribution is 7.92. The third-order valence-corrected chi connectivity index (χ3v) is 7.31. The Labute approximate surface area is 125 Å². The summed E-state index contributed by atoms with van der Waals surface area (Å²) in [4.78, 5) is -0.142. The molecule has 0 aliphatic heterocycles. The lowest BCUT2D eigenvalue weighted by Gasteiger charge is -2.37. The molecule has 2 aliphatic carbocycles. The summed E-state index contributed by atoms with van der Waals surface area (Å²) in [6, 6.07) is 4.63. The minimum Gasteiger partial charge on any atom is -0.330 e. The molecule has 3 nitrogen and oxygen atoms in total. The fraction of sp³-hybridized carbons (Fsp3) is 0.625. The van der Waals surface area contributed by atoms with Gasteiger partial charge in [-0.05, 0) is 43.4 Å². The van der Waals surface area contributed by atoms with Crippen molar-refractivity contribution in [3.63, 3.8) is 0 Å². The van der Waals surface area contributed by atoms with Gasteiger partial charge in [0.05, 0.1) is 5.25 Å². The average Bonchev–Trinajstić information content (AvgIpc) is 3.32. The SMILES string of the molecule is NCC1(c2ccc(S(=O)(=O)C3CC3)c(F)c2)CCCCC1. The standard InChI is InChI=1S/C16H22FNO2S/c17-14-10-12(16(11-18)8-2-1-3-9-16)4-7-15(14)21(19,20)13-5-6-13/h4,7,10,13H,1-3,5-6,8-9,11,18H2. The highest BCUT2D eigenvalue weighted by Gasteiger charge is 2.39. The van der Waals surface area contributed by atoms with Gasteiger partial charge in [0.1, 0.15) is 10.7 Å². The fourth-order valence-electron chi connectivity index (χ4n) is 3.46. The van der Waals surface area contributed by atoms with E-state index in [0.29, 0.717) is 19.4 Å². The van der Waals surface area contributed by atoms with Gasteiger partial charge in [-0.3, -0.25) is 0 Å². The van der Waals surface area contributed by atoms with Crippen LogP contribution in [-0.2, 0) is 15.3 Å². The van der Waals surface area contributed by atoms with Crippen molar-refractivity contribution in [2.45, 2.75) is 60.5 Å². The lowest BCUT2D eigenvalue weighted by Crippen LogP contribution is -2.37. The summed E-state index contributed by atoms with van der Waals surface area (Å²) in [6.07, 6.45) is 6.60. The van der Waals surface area contributed by atoms with Crippen molar-refractivity contribution in [3.8, 4) is 0 Å². The second kappa shape index (κ2) is 5.36. The Balaban J connectivity index is 1.97. The number of hydrogen-bond donors (Lipinski definition) is 1. The monoisotopic (exact) mass is 311 g/mol. The predicted molar refractivity (Wildman–Crippen MR) is 80.4 cm³/mol. The largest absolute Gasteiger partial charge is 0.330 e. The second-order valence-electron chi connectivity index (χ2n) is 6.43. The van der Waals surface area contributed by atoms with Crippen LogP contribution in [0.25, 0.3) is 0 Å². The van der Waals surface area contributed by atoms with Crippen LogP contribution < -0.4 is 5.73 Å². The molecule has 0 amide bonds. The molecule has 3 rings (SSSR count). The van der Waals surface area contributed by atoms with E-state index >= 15 is 0 Å². The van der Waals surface area contributed by atoms with Crippen LogP contribution in [0.5, 0.6) is 0 Å². The fourth-order valence-corrected chi connectivity index (χ4v) is 5.16. The highest BCUT2D eigenvalue weighted by Crippen LogP contribution is 2.40. The van der Waals surface area contributed by atoms with Crippen LogP contribution in [-0.4, -0.2) is 20.2 Å². The van der Waals surface area contributed by atoms with E-state index in [9.17, 15) is 12.8 Å². The molecule has 0 unspecified atom stereocenters. The molecule has 2 aliphatic rings. The Hall–Kier alpha value is -0.940. The van der Waals surface area contributed by atoms with Crippen molar-refractivity contribution in [2.24, 2.45) is 5.73 Å². The van der Waals surface area contributed by atoms with Crippen molar-refractivity contribution >= 4 is 9.84 Å². The molecular formula is C16H22FNO2S. The Morgan fingerprint density at radius 1 is 1.19 bits per heavy atom. The van der Waals surface area contributed by atoms with E-state index in [4.69, 9.17) is 5.73 Å². The van der Waals surface area contributed by atoms with Crippen molar-refractivity contribution in [2.75, 3.05) is 6.54 Å². The van der Waals surface area contributed by atoms with Gasteiger partial charge < -0.3 is 5.73 Å². The maximum atomic E-state index is 14.4. The molecule has 21 heavy (non-hydrogen) atoms. The zero-order valence-corrected chi connectivity index (χ0v) is 13.0. The Morgan fingerprint density at radius 2 is 1.86 bits per heavy atom. The van der Waals surface area contributed by atoms with Crippen LogP contribution >= 0.6 is 0 Å². The van der Waals surface area contributed by atoms with Gasteiger partial charge in [-0.15, -0.1) is 0 Å². The number of hydrogen-bond acceptors (Lipinski definition) is 3. The van der Waals surface area contributed by atoms with E-state index in [2.05, 4.69) is 0 Å². The average molecular weight is 311 g/mol. The van der Waals surface area contributed by atoms with E-state index in [1.165, 1.54) is 18.6 Å². The lowest BCUT2D eigenvalue weighted by atomic mass is 9.69. The number of halogens is 1. The maximum Gasteiger partial charge on any atom is 0.184 e. The Kier molecular flexibility index (Phi) is 3.82. The zero-order chi connectivity index (χ0) is 15.1. The van der Waals surface area contributed by atoms with Gasteiger partial charge in [0.15, 0.2) is 9.84 Å². The van der Waals surface area contributed by atoms with Crippen LogP contribution in [0.2, 0.25) is 0 Å². The molecular weight excluding hydrogens is 289 g/mol. The van der Waals surface area contributed by atoms with Gasteiger partial charge in [-0.1, -0.05) is 25.3 Å². The maximum absolute atomic E-state index is 14.4. The first-order valence-electron chi connectivity index (χ1n) is 7.74. The first kappa shape index (κ1) is 15.0. The number of rotatable bonds is 4. The van der Waals surface area contributed by atoms with Crippen LogP contribution in [0.1, 0.15) is 50.5 Å². The smallest absolute Gasteiger partial charge is 0.184 e. The molecule has 0 atom stereocenters. The first-order chi connectivity index (χ1) is 9.99. The van der Waals surface area contributed by atoms with Crippen LogP contribution in [0.3, 0.4) is 0 Å². The third kappa shape index (κ3) is 2.61. The Morgan fingerprint density at radius 3 is 2.38 bits per heavy atom. The van der Waals surface area contributed by atoms with E-state index in [1.54, 1.807) is 6.07 Å². The Bertz CT molecular complexity index is 632. The summed E-state index contributed by atoms with van der Waals surface area (Å²) < 4.78 is 38.8. The molecule has 0 saturated heterocycles. The first-order valence-corrected chi connectivity index (χ1v) is 9.28. The zero-order valence-electron chi connectivity index (χ0n) is 12.1. The summed E-state index contributed by atoms with van der Waals surface area (Å²) in [5, 5.41) is -0.379. The van der Waals surface area contributed by atoms with Gasteiger partial charge in [-0.2, -0.15) is 0 Å². The molecule has 0 bridgehead atoms. The number of sulfone groups is 1. The molecule has 5 heteroatoms. The number of nitrogens with two attached hydrogens (primary N) is 1. The molecule has 2 fully saturated rings. The van der Waals surface area contributed by atoms with Gasteiger partial charge in [0.2, 0.25) is 0 Å². The summed E-state index contributed by atoms with van der Waals surface area (Å²) in [7, 11) is -3.48. The molecule has 2 saturated carbocycles. The normalized spacial score (nSPS) is 22.2. The van der Waals surface area contributed by atoms with Crippen molar-refractivity contribution in [1.29, 1.82) is 0 Å². The van der Waals surface area contributed by atoms with Crippen molar-refractivity contribution < 1.29 is 12.8 Å². The molecule has 0 radical (unpaired) electrons. The topological polar surface area (TPSA) is 60.2 Å². The molecule has 1 aromatic carbocycles. The molecule has 2 N–H and O–H groups in total. The van der Waals surface area contributed by atoms with Gasteiger partial charge in [0, 0.05) is 12.0 Å². The molecule has 1 aromatic rings. The van der Waals surface area contributed by atoms with E-state index < -0.39 is 15.7 Å². The molecule has 0 aromatic heterocycles. The summed E-state index contributed by atoms with van der Waals surface area (Å²) >= 11 is 0. The van der Waals surface area contributed by atoms with Gasteiger partial charge in [0.25, 0.3) is 0 Å². The van der Waals surface area contributed by atoms with Crippen molar-refractivity contribution in [3.05, 3.63) is 29.6 Å². The van der Waals surface area contributed by atoms with Gasteiger partial charge >= 0.3 is 0 Å².